The number of amides is 2. The maximum absolute atomic E-state index is 12.0. The van der Waals surface area contributed by atoms with Crippen LogP contribution in [0.1, 0.15) is 28.8 Å². The van der Waals surface area contributed by atoms with Gasteiger partial charge in [0.05, 0.1) is 53.5 Å². The zero-order chi connectivity index (χ0) is 31.4. The number of benzene rings is 2. The number of hydrogen-bond acceptors (Lipinski definition) is 8. The molecule has 0 spiro atoms. The van der Waals surface area contributed by atoms with Gasteiger partial charge < -0.3 is 24.8 Å². The van der Waals surface area contributed by atoms with Crippen LogP contribution in [0.2, 0.25) is 10.0 Å². The van der Waals surface area contributed by atoms with E-state index in [4.69, 9.17) is 32.7 Å². The smallest absolute Gasteiger partial charge is 0.407 e. The number of carbonyl (C=O) groups is 3. The van der Waals surface area contributed by atoms with Crippen LogP contribution in [0.5, 0.6) is 11.6 Å². The molecule has 2 aromatic carbocycles. The minimum atomic E-state index is -1.12. The SMILES string of the molecule is COc1cc(-c2ncnc(-c3cccc(-c4ccc(CN(C[C@@H]5CCC(=O)N5)C(=O)O)c(OC)n4)c3Cl)c2Cl)ccc1C=O. The number of nitrogens with one attached hydrogen (secondary N) is 1. The molecule has 226 valence electrons. The molecule has 1 atom stereocenters. The van der Waals surface area contributed by atoms with Crippen LogP contribution >= 0.6 is 23.2 Å². The number of halogens is 2. The van der Waals surface area contributed by atoms with E-state index in [1.807, 2.05) is 0 Å². The van der Waals surface area contributed by atoms with Crippen LogP contribution in [0.3, 0.4) is 0 Å². The summed E-state index contributed by atoms with van der Waals surface area (Å²) in [6, 6.07) is 13.6. The molecule has 1 fully saturated rings. The van der Waals surface area contributed by atoms with Crippen molar-refractivity contribution in [2.24, 2.45) is 0 Å². The van der Waals surface area contributed by atoms with E-state index in [0.717, 1.165) is 0 Å². The van der Waals surface area contributed by atoms with E-state index in [1.165, 1.54) is 25.4 Å². The molecule has 3 heterocycles. The predicted molar refractivity (Wildman–Crippen MR) is 164 cm³/mol. The Morgan fingerprint density at radius 1 is 1.07 bits per heavy atom. The summed E-state index contributed by atoms with van der Waals surface area (Å²) in [6.07, 6.45) is 1.91. The standard InChI is InChI=1S/C31H27Cl2N5O6/c1-43-24-12-17(6-7-19(24)15-39)28-27(33)29(35-16-34-28)22-5-3-4-21(26(22)32)23-10-8-18(30(37-23)44-2)13-38(31(41)42)14-20-9-11-25(40)36-20/h3-8,10,12,15-16,20H,9,11,13-14H2,1-2H3,(H,36,40)(H,41,42)/t20-/m0/s1. The van der Waals surface area contributed by atoms with E-state index in [9.17, 15) is 19.5 Å². The van der Waals surface area contributed by atoms with Gasteiger partial charge in [-0.15, -0.1) is 0 Å². The molecule has 5 rings (SSSR count). The molecule has 0 radical (unpaired) electrons. The number of aldehydes is 1. The minimum Gasteiger partial charge on any atom is -0.496 e. The van der Waals surface area contributed by atoms with E-state index >= 15 is 0 Å². The van der Waals surface area contributed by atoms with Gasteiger partial charge in [0, 0.05) is 41.3 Å². The Morgan fingerprint density at radius 2 is 1.84 bits per heavy atom. The molecule has 13 heteroatoms. The van der Waals surface area contributed by atoms with Crippen LogP contribution < -0.4 is 14.8 Å². The van der Waals surface area contributed by atoms with Gasteiger partial charge in [0.25, 0.3) is 0 Å². The summed E-state index contributed by atoms with van der Waals surface area (Å²) < 4.78 is 10.9. The summed E-state index contributed by atoms with van der Waals surface area (Å²) in [5.74, 6) is 0.533. The number of aromatic nitrogens is 3. The number of ether oxygens (including phenoxy) is 2. The van der Waals surface area contributed by atoms with Gasteiger partial charge in [-0.2, -0.15) is 0 Å². The zero-order valence-corrected chi connectivity index (χ0v) is 25.2. The molecule has 0 unspecified atom stereocenters. The van der Waals surface area contributed by atoms with Crippen molar-refractivity contribution in [2.75, 3.05) is 20.8 Å². The fraction of sp³-hybridized carbons (Fsp3) is 0.226. The maximum Gasteiger partial charge on any atom is 0.407 e. The molecule has 0 saturated carbocycles. The van der Waals surface area contributed by atoms with Crippen molar-refractivity contribution in [3.63, 3.8) is 0 Å². The Labute approximate surface area is 262 Å². The van der Waals surface area contributed by atoms with Crippen LogP contribution in [0, 0.1) is 0 Å². The second-order valence-corrected chi connectivity index (χ2v) is 10.7. The molecule has 0 bridgehead atoms. The van der Waals surface area contributed by atoms with Gasteiger partial charge in [0.1, 0.15) is 12.1 Å². The van der Waals surface area contributed by atoms with Gasteiger partial charge in [-0.1, -0.05) is 47.5 Å². The third kappa shape index (κ3) is 6.29. The Kier molecular flexibility index (Phi) is 9.26. The Hall–Kier alpha value is -4.74. The average molecular weight is 636 g/mol. The summed E-state index contributed by atoms with van der Waals surface area (Å²) in [5, 5.41) is 13.2. The summed E-state index contributed by atoms with van der Waals surface area (Å²) in [4.78, 5) is 49.5. The van der Waals surface area contributed by atoms with E-state index in [1.54, 1.807) is 48.5 Å². The lowest BCUT2D eigenvalue weighted by Gasteiger charge is -2.23. The summed E-state index contributed by atoms with van der Waals surface area (Å²) in [7, 11) is 2.92. The van der Waals surface area contributed by atoms with Gasteiger partial charge in [0.15, 0.2) is 6.29 Å². The maximum atomic E-state index is 12.0. The normalized spacial score (nSPS) is 14.2. The summed E-state index contributed by atoms with van der Waals surface area (Å²) >= 11 is 13.7. The average Bonchev–Trinajstić information content (AvgIpc) is 3.45. The topological polar surface area (TPSA) is 144 Å². The van der Waals surface area contributed by atoms with Gasteiger partial charge >= 0.3 is 6.09 Å². The number of methoxy groups -OCH3 is 2. The number of rotatable bonds is 10. The first-order valence-electron chi connectivity index (χ1n) is 13.5. The minimum absolute atomic E-state index is 0.0177. The van der Waals surface area contributed by atoms with Crippen LogP contribution in [0.15, 0.2) is 54.9 Å². The molecular weight excluding hydrogens is 609 g/mol. The zero-order valence-electron chi connectivity index (χ0n) is 23.7. The van der Waals surface area contributed by atoms with Gasteiger partial charge in [0.2, 0.25) is 11.8 Å². The molecule has 1 aliphatic rings. The van der Waals surface area contributed by atoms with Crippen molar-refractivity contribution in [3.05, 3.63) is 76.0 Å². The van der Waals surface area contributed by atoms with Crippen molar-refractivity contribution in [3.8, 4) is 45.4 Å². The lowest BCUT2D eigenvalue weighted by Crippen LogP contribution is -2.41. The highest BCUT2D eigenvalue weighted by molar-refractivity contribution is 6.38. The third-order valence-electron chi connectivity index (χ3n) is 7.24. The van der Waals surface area contributed by atoms with E-state index < -0.39 is 6.09 Å². The Balaban J connectivity index is 1.46. The first-order valence-corrected chi connectivity index (χ1v) is 14.2. The lowest BCUT2D eigenvalue weighted by molar-refractivity contribution is -0.119. The highest BCUT2D eigenvalue weighted by Crippen LogP contribution is 2.41. The highest BCUT2D eigenvalue weighted by Gasteiger charge is 2.26. The number of carboxylic acid groups (broad SMARTS) is 1. The highest BCUT2D eigenvalue weighted by atomic mass is 35.5. The summed E-state index contributed by atoms with van der Waals surface area (Å²) in [5.41, 5.74) is 3.99. The van der Waals surface area contributed by atoms with Crippen molar-refractivity contribution >= 4 is 41.5 Å². The van der Waals surface area contributed by atoms with Crippen LogP contribution in [0.4, 0.5) is 4.79 Å². The number of hydrogen-bond donors (Lipinski definition) is 2. The fourth-order valence-electron chi connectivity index (χ4n) is 5.04. The molecule has 2 aromatic heterocycles. The number of carbonyl (C=O) groups excluding carboxylic acids is 2. The van der Waals surface area contributed by atoms with Crippen LogP contribution in [0.25, 0.3) is 33.8 Å². The van der Waals surface area contributed by atoms with Crippen molar-refractivity contribution in [1.29, 1.82) is 0 Å². The largest absolute Gasteiger partial charge is 0.496 e. The van der Waals surface area contributed by atoms with E-state index in [2.05, 4.69) is 20.3 Å². The Morgan fingerprint density at radius 3 is 2.52 bits per heavy atom. The molecule has 4 aromatic rings. The third-order valence-corrected chi connectivity index (χ3v) is 8.01. The second kappa shape index (κ2) is 13.3. The Bertz CT molecular complexity index is 1750. The first kappa shape index (κ1) is 30.7. The molecular formula is C31H27Cl2N5O6. The van der Waals surface area contributed by atoms with E-state index in [0.29, 0.717) is 74.8 Å². The second-order valence-electron chi connectivity index (χ2n) is 9.96. The van der Waals surface area contributed by atoms with Crippen molar-refractivity contribution in [1.82, 2.24) is 25.2 Å². The molecule has 44 heavy (non-hydrogen) atoms. The summed E-state index contributed by atoms with van der Waals surface area (Å²) in [6.45, 7) is 0.166. The van der Waals surface area contributed by atoms with Crippen molar-refractivity contribution < 1.29 is 29.0 Å². The monoisotopic (exact) mass is 635 g/mol. The predicted octanol–water partition coefficient (Wildman–Crippen LogP) is 5.77. The van der Waals surface area contributed by atoms with Gasteiger partial charge in [-0.25, -0.2) is 19.7 Å². The molecule has 1 saturated heterocycles. The van der Waals surface area contributed by atoms with Gasteiger partial charge in [-0.05, 0) is 30.7 Å². The van der Waals surface area contributed by atoms with Crippen LogP contribution in [-0.2, 0) is 11.3 Å². The molecule has 2 amide bonds. The first-order chi connectivity index (χ1) is 21.2. The molecule has 2 N–H and O–H groups in total. The van der Waals surface area contributed by atoms with Crippen LogP contribution in [-0.4, -0.2) is 70.1 Å². The fourth-order valence-corrected chi connectivity index (χ4v) is 5.66. The molecule has 1 aliphatic heterocycles. The van der Waals surface area contributed by atoms with Gasteiger partial charge in [-0.3, -0.25) is 9.59 Å². The quantitative estimate of drug-likeness (QED) is 0.208. The number of nitrogens with zero attached hydrogens (tertiary/aromatic N) is 4. The van der Waals surface area contributed by atoms with Crippen molar-refractivity contribution in [2.45, 2.75) is 25.4 Å². The number of pyridine rings is 1. The molecule has 0 aliphatic carbocycles. The lowest BCUT2D eigenvalue weighted by atomic mass is 10.0. The van der Waals surface area contributed by atoms with E-state index in [-0.39, 0.29) is 35.9 Å². The molecule has 11 nitrogen and oxygen atoms in total.